The lowest BCUT2D eigenvalue weighted by Gasteiger charge is -2.12. The van der Waals surface area contributed by atoms with Crippen LogP contribution in [0.2, 0.25) is 5.02 Å². The van der Waals surface area contributed by atoms with E-state index in [4.69, 9.17) is 16.3 Å². The number of carbonyl (C=O) groups excluding carboxylic acids is 3. The van der Waals surface area contributed by atoms with Gasteiger partial charge in [0.1, 0.15) is 5.75 Å². The molecule has 0 spiro atoms. The van der Waals surface area contributed by atoms with Gasteiger partial charge in [0.05, 0.1) is 21.9 Å². The lowest BCUT2D eigenvalue weighted by Crippen LogP contribution is -2.27. The number of hydrogen-bond acceptors (Lipinski definition) is 7. The number of nitro benzene ring substituents is 1. The Hall–Kier alpha value is -3.95. The minimum absolute atomic E-state index is 0.158. The van der Waals surface area contributed by atoms with Gasteiger partial charge in [0, 0.05) is 16.7 Å². The highest BCUT2D eigenvalue weighted by molar-refractivity contribution is 8.18. The van der Waals surface area contributed by atoms with Crippen LogP contribution in [0.1, 0.15) is 21.5 Å². The van der Waals surface area contributed by atoms with E-state index in [0.29, 0.717) is 21.9 Å². The van der Waals surface area contributed by atoms with Crippen molar-refractivity contribution in [1.82, 2.24) is 4.90 Å². The van der Waals surface area contributed by atoms with Crippen molar-refractivity contribution in [2.24, 2.45) is 0 Å². The van der Waals surface area contributed by atoms with Gasteiger partial charge >= 0.3 is 5.97 Å². The SMILES string of the molecule is O=C(Oc1ccc(/C=C2\SC(=O)N(Cc3ccccc3[N+](=O)[O-])C2=O)cc1)c1ccc(Cl)cc1. The maximum Gasteiger partial charge on any atom is 0.343 e. The number of nitrogens with zero attached hydrogens (tertiary/aromatic N) is 2. The second-order valence-electron chi connectivity index (χ2n) is 7.12. The number of carbonyl (C=O) groups is 3. The maximum atomic E-state index is 12.8. The van der Waals surface area contributed by atoms with Crippen molar-refractivity contribution in [3.05, 3.63) is 110 Å². The molecule has 0 unspecified atom stereocenters. The first kappa shape index (κ1) is 23.2. The maximum absolute atomic E-state index is 12.8. The van der Waals surface area contributed by atoms with Gasteiger partial charge in [-0.15, -0.1) is 0 Å². The van der Waals surface area contributed by atoms with Crippen molar-refractivity contribution >= 4 is 52.2 Å². The number of amides is 2. The largest absolute Gasteiger partial charge is 0.423 e. The van der Waals surface area contributed by atoms with Gasteiger partial charge in [-0.05, 0) is 59.8 Å². The second kappa shape index (κ2) is 9.90. The molecule has 0 aromatic heterocycles. The Morgan fingerprint density at radius 3 is 2.38 bits per heavy atom. The molecule has 3 aromatic rings. The molecule has 0 bridgehead atoms. The van der Waals surface area contributed by atoms with E-state index in [2.05, 4.69) is 0 Å². The number of benzene rings is 3. The molecule has 0 saturated carbocycles. The second-order valence-corrected chi connectivity index (χ2v) is 8.55. The third-order valence-electron chi connectivity index (χ3n) is 4.86. The number of imide groups is 1. The molecule has 10 heteroatoms. The van der Waals surface area contributed by atoms with Gasteiger partial charge < -0.3 is 4.74 Å². The van der Waals surface area contributed by atoms with Gasteiger partial charge in [-0.1, -0.05) is 41.9 Å². The van der Waals surface area contributed by atoms with Crippen LogP contribution in [0.3, 0.4) is 0 Å². The first-order chi connectivity index (χ1) is 16.3. The molecule has 0 N–H and O–H groups in total. The average Bonchev–Trinajstić information content (AvgIpc) is 3.08. The van der Waals surface area contributed by atoms with Crippen LogP contribution < -0.4 is 4.74 Å². The summed E-state index contributed by atoms with van der Waals surface area (Å²) in [6.45, 7) is -0.196. The Kier molecular flexibility index (Phi) is 6.76. The zero-order valence-electron chi connectivity index (χ0n) is 17.3. The first-order valence-corrected chi connectivity index (χ1v) is 11.1. The van der Waals surface area contributed by atoms with Crippen LogP contribution in [0.15, 0.2) is 77.7 Å². The summed E-state index contributed by atoms with van der Waals surface area (Å²) in [6, 6.07) is 18.7. The molecule has 0 aliphatic carbocycles. The summed E-state index contributed by atoms with van der Waals surface area (Å²) in [7, 11) is 0. The number of esters is 1. The fourth-order valence-electron chi connectivity index (χ4n) is 3.16. The summed E-state index contributed by atoms with van der Waals surface area (Å²) in [5, 5.41) is 11.2. The number of thioether (sulfide) groups is 1. The van der Waals surface area contributed by atoms with Gasteiger partial charge in [0.25, 0.3) is 16.8 Å². The fraction of sp³-hybridized carbons (Fsp3) is 0.0417. The predicted molar refractivity (Wildman–Crippen MR) is 127 cm³/mol. The molecule has 3 aromatic carbocycles. The van der Waals surface area contributed by atoms with Crippen LogP contribution in [0, 0.1) is 10.1 Å². The number of ether oxygens (including phenoxy) is 1. The molecule has 0 atom stereocenters. The van der Waals surface area contributed by atoms with Crippen molar-refractivity contribution in [1.29, 1.82) is 0 Å². The van der Waals surface area contributed by atoms with Gasteiger partial charge in [-0.2, -0.15) is 0 Å². The van der Waals surface area contributed by atoms with E-state index in [9.17, 15) is 24.5 Å². The number of hydrogen-bond donors (Lipinski definition) is 0. The molecular formula is C24H15ClN2O6S. The van der Waals surface area contributed by atoms with E-state index in [0.717, 1.165) is 16.7 Å². The summed E-state index contributed by atoms with van der Waals surface area (Å²) in [6.07, 6.45) is 1.54. The molecule has 1 aliphatic rings. The molecule has 1 fully saturated rings. The van der Waals surface area contributed by atoms with Gasteiger partial charge in [-0.25, -0.2) is 4.79 Å². The fourth-order valence-corrected chi connectivity index (χ4v) is 4.13. The molecule has 170 valence electrons. The van der Waals surface area contributed by atoms with Crippen LogP contribution in [0.4, 0.5) is 10.5 Å². The minimum atomic E-state index is -0.550. The summed E-state index contributed by atoms with van der Waals surface area (Å²) >= 11 is 6.57. The first-order valence-electron chi connectivity index (χ1n) is 9.87. The summed E-state index contributed by atoms with van der Waals surface area (Å²) < 4.78 is 5.33. The third-order valence-corrected chi connectivity index (χ3v) is 6.02. The standard InChI is InChI=1S/C24H15ClN2O6S/c25-18-9-7-16(8-10-18)23(29)33-19-11-5-15(6-12-19)13-21-22(28)26(24(30)34-21)14-17-3-1-2-4-20(17)27(31)32/h1-13H,14H2/b21-13-. The smallest absolute Gasteiger partial charge is 0.343 e. The summed E-state index contributed by atoms with van der Waals surface area (Å²) in [5.41, 5.74) is 1.07. The van der Waals surface area contributed by atoms with Crippen LogP contribution in [-0.4, -0.2) is 26.9 Å². The highest BCUT2D eigenvalue weighted by atomic mass is 35.5. The highest BCUT2D eigenvalue weighted by Gasteiger charge is 2.36. The molecule has 0 radical (unpaired) electrons. The third kappa shape index (κ3) is 5.16. The number of halogens is 1. The van der Waals surface area contributed by atoms with Crippen molar-refractivity contribution in [3.63, 3.8) is 0 Å². The Morgan fingerprint density at radius 1 is 1.03 bits per heavy atom. The van der Waals surface area contributed by atoms with Crippen molar-refractivity contribution in [3.8, 4) is 5.75 Å². The van der Waals surface area contributed by atoms with E-state index in [1.165, 1.54) is 24.3 Å². The van der Waals surface area contributed by atoms with E-state index < -0.39 is 22.0 Å². The van der Waals surface area contributed by atoms with E-state index in [-0.39, 0.29) is 22.7 Å². The lowest BCUT2D eigenvalue weighted by molar-refractivity contribution is -0.385. The summed E-state index contributed by atoms with van der Waals surface area (Å²) in [4.78, 5) is 49.2. The zero-order chi connectivity index (χ0) is 24.2. The van der Waals surface area contributed by atoms with Crippen LogP contribution in [0.25, 0.3) is 6.08 Å². The van der Waals surface area contributed by atoms with Crippen LogP contribution >= 0.6 is 23.4 Å². The average molecular weight is 495 g/mol. The van der Waals surface area contributed by atoms with E-state index in [1.54, 1.807) is 54.6 Å². The van der Waals surface area contributed by atoms with E-state index >= 15 is 0 Å². The van der Waals surface area contributed by atoms with Crippen LogP contribution in [-0.2, 0) is 11.3 Å². The molecular weight excluding hydrogens is 480 g/mol. The molecule has 2 amide bonds. The predicted octanol–water partition coefficient (Wildman–Crippen LogP) is 5.70. The number of nitro groups is 1. The molecule has 1 heterocycles. The van der Waals surface area contributed by atoms with Crippen molar-refractivity contribution < 1.29 is 24.0 Å². The van der Waals surface area contributed by atoms with Crippen LogP contribution in [0.5, 0.6) is 5.75 Å². The van der Waals surface area contributed by atoms with Crippen molar-refractivity contribution in [2.45, 2.75) is 6.54 Å². The topological polar surface area (TPSA) is 107 Å². The zero-order valence-corrected chi connectivity index (χ0v) is 18.9. The molecule has 1 aliphatic heterocycles. The van der Waals surface area contributed by atoms with Gasteiger partial charge in [0.2, 0.25) is 0 Å². The normalized spacial score (nSPS) is 14.5. The number of para-hydroxylation sites is 1. The highest BCUT2D eigenvalue weighted by Crippen LogP contribution is 2.34. The number of rotatable bonds is 6. The molecule has 34 heavy (non-hydrogen) atoms. The van der Waals surface area contributed by atoms with Gasteiger partial charge in [-0.3, -0.25) is 24.6 Å². The Balaban J connectivity index is 1.45. The van der Waals surface area contributed by atoms with Crippen molar-refractivity contribution in [2.75, 3.05) is 0 Å². The van der Waals surface area contributed by atoms with Gasteiger partial charge in [0.15, 0.2) is 0 Å². The quantitative estimate of drug-likeness (QED) is 0.142. The summed E-state index contributed by atoms with van der Waals surface area (Å²) in [5.74, 6) is -0.770. The Labute approximate surface area is 202 Å². The monoisotopic (exact) mass is 494 g/mol. The molecule has 8 nitrogen and oxygen atoms in total. The lowest BCUT2D eigenvalue weighted by atomic mass is 10.1. The van der Waals surface area contributed by atoms with E-state index in [1.807, 2.05) is 0 Å². The Morgan fingerprint density at radius 2 is 1.71 bits per heavy atom. The minimum Gasteiger partial charge on any atom is -0.423 e. The molecule has 1 saturated heterocycles. The Bertz CT molecular complexity index is 1320. The molecule has 4 rings (SSSR count).